The lowest BCUT2D eigenvalue weighted by Crippen LogP contribution is -2.37. The van der Waals surface area contributed by atoms with E-state index in [-0.39, 0.29) is 12.2 Å². The fourth-order valence-electron chi connectivity index (χ4n) is 3.04. The van der Waals surface area contributed by atoms with Crippen LogP contribution in [0.5, 0.6) is 0 Å². The molecule has 2 aromatic rings. The monoisotopic (exact) mass is 381 g/mol. The molecule has 2 aromatic carbocycles. The zero-order valence-electron chi connectivity index (χ0n) is 13.8. The molecule has 1 aliphatic rings. The number of carbonyl (C=O) groups excluding carboxylic acids is 2. The number of carbonyl (C=O) groups is 2. The quantitative estimate of drug-likeness (QED) is 0.372. The number of rotatable bonds is 3. The van der Waals surface area contributed by atoms with Gasteiger partial charge in [-0.05, 0) is 29.8 Å². The summed E-state index contributed by atoms with van der Waals surface area (Å²) in [4.78, 5) is 24.9. The molecule has 5 nitrogen and oxygen atoms in total. The van der Waals surface area contributed by atoms with E-state index in [9.17, 15) is 27.2 Å². The van der Waals surface area contributed by atoms with Crippen molar-refractivity contribution in [3.8, 4) is 0 Å². The maximum absolute atomic E-state index is 13.7. The number of hydrogen-bond acceptors (Lipinski definition) is 3. The van der Waals surface area contributed by atoms with Gasteiger partial charge in [-0.1, -0.05) is 24.3 Å². The zero-order valence-corrected chi connectivity index (χ0v) is 13.8. The Balaban J connectivity index is 1.87. The molecule has 0 saturated carbocycles. The highest BCUT2D eigenvalue weighted by molar-refractivity contribution is 6.08. The smallest absolute Gasteiger partial charge is 0.323 e. The lowest BCUT2D eigenvalue weighted by atomic mass is 9.87. The van der Waals surface area contributed by atoms with Crippen molar-refractivity contribution in [2.45, 2.75) is 12.1 Å². The van der Waals surface area contributed by atoms with Gasteiger partial charge in [-0.15, -0.1) is 0 Å². The van der Waals surface area contributed by atoms with Gasteiger partial charge < -0.3 is 5.32 Å². The van der Waals surface area contributed by atoms with E-state index in [1.807, 2.05) is 0 Å². The van der Waals surface area contributed by atoms with E-state index >= 15 is 0 Å². The van der Waals surface area contributed by atoms with Gasteiger partial charge in [0.05, 0.1) is 11.3 Å². The van der Waals surface area contributed by atoms with Crippen LogP contribution in [0.2, 0.25) is 0 Å². The molecule has 142 valence electrons. The molecule has 1 aliphatic heterocycles. The first kappa shape index (κ1) is 18.8. The van der Waals surface area contributed by atoms with E-state index < -0.39 is 41.2 Å². The van der Waals surface area contributed by atoms with Crippen molar-refractivity contribution >= 4 is 17.5 Å². The fraction of sp³-hybridized carbons (Fsp3) is 0.222. The summed E-state index contributed by atoms with van der Waals surface area (Å²) in [5.41, 5.74) is -0.581. The van der Waals surface area contributed by atoms with Crippen molar-refractivity contribution in [1.82, 2.24) is 5.01 Å². The summed E-state index contributed by atoms with van der Waals surface area (Å²) in [6, 6.07) is 9.62. The molecule has 0 aliphatic carbocycles. The first-order valence-corrected chi connectivity index (χ1v) is 7.97. The average Bonchev–Trinajstić information content (AvgIpc) is 2.91. The number of nitrogens with zero attached hydrogens (tertiary/aromatic N) is 1. The van der Waals surface area contributed by atoms with Crippen LogP contribution in [0.25, 0.3) is 0 Å². The standard InChI is InChI=1S/C18H15F4N3O2/c19-13-3-1-2-4-14(13)24-16(26)15-12(9-25(23)17(15)27)10-5-7-11(8-6-10)18(20,21)22/h1-8,12,15H,9,23H2,(H,24,26). The van der Waals surface area contributed by atoms with Gasteiger partial charge in [-0.25, -0.2) is 10.2 Å². The zero-order chi connectivity index (χ0) is 19.8. The molecule has 2 amide bonds. The molecule has 0 radical (unpaired) electrons. The molecule has 2 atom stereocenters. The summed E-state index contributed by atoms with van der Waals surface area (Å²) < 4.78 is 51.9. The normalized spacial score (nSPS) is 20.0. The minimum absolute atomic E-state index is 0.0421. The third-order valence-corrected chi connectivity index (χ3v) is 4.43. The van der Waals surface area contributed by atoms with Gasteiger partial charge in [0.1, 0.15) is 11.7 Å². The van der Waals surface area contributed by atoms with Crippen LogP contribution in [0.3, 0.4) is 0 Å². The SMILES string of the molecule is NN1CC(c2ccc(C(F)(F)F)cc2)C(C(=O)Nc2ccccc2F)C1=O. The van der Waals surface area contributed by atoms with Crippen molar-refractivity contribution in [3.05, 3.63) is 65.5 Å². The molecular weight excluding hydrogens is 366 g/mol. The van der Waals surface area contributed by atoms with E-state index in [2.05, 4.69) is 5.32 Å². The number of hydrazine groups is 1. The largest absolute Gasteiger partial charge is 0.416 e. The topological polar surface area (TPSA) is 75.4 Å². The van der Waals surface area contributed by atoms with Gasteiger partial charge in [0.2, 0.25) is 11.8 Å². The van der Waals surface area contributed by atoms with Crippen LogP contribution < -0.4 is 11.2 Å². The second-order valence-corrected chi connectivity index (χ2v) is 6.16. The Kier molecular flexibility index (Phi) is 4.88. The van der Waals surface area contributed by atoms with Crippen LogP contribution >= 0.6 is 0 Å². The first-order valence-electron chi connectivity index (χ1n) is 7.97. The first-order chi connectivity index (χ1) is 12.7. The molecule has 1 saturated heterocycles. The van der Waals surface area contributed by atoms with Gasteiger partial charge in [0.25, 0.3) is 0 Å². The fourth-order valence-corrected chi connectivity index (χ4v) is 3.04. The van der Waals surface area contributed by atoms with E-state index in [4.69, 9.17) is 5.84 Å². The van der Waals surface area contributed by atoms with Gasteiger partial charge in [-0.3, -0.25) is 14.6 Å². The number of halogens is 4. The maximum atomic E-state index is 13.7. The highest BCUT2D eigenvalue weighted by Crippen LogP contribution is 2.35. The Morgan fingerprint density at radius 2 is 1.74 bits per heavy atom. The highest BCUT2D eigenvalue weighted by atomic mass is 19.4. The molecular formula is C18H15F4N3O2. The Morgan fingerprint density at radius 3 is 2.33 bits per heavy atom. The van der Waals surface area contributed by atoms with Crippen molar-refractivity contribution in [2.24, 2.45) is 11.8 Å². The number of amides is 2. The molecule has 3 rings (SSSR count). The summed E-state index contributed by atoms with van der Waals surface area (Å²) in [6.45, 7) is -0.0421. The molecule has 9 heteroatoms. The summed E-state index contributed by atoms with van der Waals surface area (Å²) >= 11 is 0. The van der Waals surface area contributed by atoms with E-state index in [1.54, 1.807) is 0 Å². The van der Waals surface area contributed by atoms with Crippen molar-refractivity contribution in [2.75, 3.05) is 11.9 Å². The predicted molar refractivity (Wildman–Crippen MR) is 88.6 cm³/mol. The van der Waals surface area contributed by atoms with Crippen LogP contribution in [0.1, 0.15) is 17.0 Å². The average molecular weight is 381 g/mol. The van der Waals surface area contributed by atoms with Crippen LogP contribution in [0, 0.1) is 11.7 Å². The number of nitrogens with two attached hydrogens (primary N) is 1. The minimum Gasteiger partial charge on any atom is -0.323 e. The lowest BCUT2D eigenvalue weighted by molar-refractivity contribution is -0.138. The van der Waals surface area contributed by atoms with Crippen LogP contribution in [-0.2, 0) is 15.8 Å². The summed E-state index contributed by atoms with van der Waals surface area (Å²) in [7, 11) is 0. The second-order valence-electron chi connectivity index (χ2n) is 6.16. The Bertz CT molecular complexity index is 868. The Morgan fingerprint density at radius 1 is 1.11 bits per heavy atom. The predicted octanol–water partition coefficient (Wildman–Crippen LogP) is 2.90. The molecule has 2 unspecified atom stereocenters. The molecule has 0 aromatic heterocycles. The summed E-state index contributed by atoms with van der Waals surface area (Å²) in [5.74, 6) is 1.45. The number of hydrogen-bond donors (Lipinski definition) is 2. The van der Waals surface area contributed by atoms with Crippen molar-refractivity contribution in [1.29, 1.82) is 0 Å². The number of alkyl halides is 3. The summed E-state index contributed by atoms with van der Waals surface area (Å²) in [6.07, 6.45) is -4.49. The van der Waals surface area contributed by atoms with Crippen molar-refractivity contribution in [3.63, 3.8) is 0 Å². The molecule has 3 N–H and O–H groups in total. The number of anilines is 1. The van der Waals surface area contributed by atoms with Gasteiger partial charge >= 0.3 is 6.18 Å². The molecule has 0 spiro atoms. The second kappa shape index (κ2) is 6.99. The van der Waals surface area contributed by atoms with E-state index in [1.165, 1.54) is 30.3 Å². The van der Waals surface area contributed by atoms with E-state index in [0.29, 0.717) is 5.56 Å². The van der Waals surface area contributed by atoms with Crippen molar-refractivity contribution < 1.29 is 27.2 Å². The Labute approximate surface area is 151 Å². The van der Waals surface area contributed by atoms with Gasteiger partial charge in [0.15, 0.2) is 0 Å². The highest BCUT2D eigenvalue weighted by Gasteiger charge is 2.45. The molecule has 1 heterocycles. The maximum Gasteiger partial charge on any atom is 0.416 e. The lowest BCUT2D eigenvalue weighted by Gasteiger charge is -2.17. The molecule has 1 fully saturated rings. The van der Waals surface area contributed by atoms with Crippen LogP contribution in [0.15, 0.2) is 48.5 Å². The number of benzene rings is 2. The minimum atomic E-state index is -4.49. The van der Waals surface area contributed by atoms with Gasteiger partial charge in [-0.2, -0.15) is 13.2 Å². The Hall–Kier alpha value is -2.94. The van der Waals surface area contributed by atoms with Gasteiger partial charge in [0, 0.05) is 12.5 Å². The van der Waals surface area contributed by atoms with E-state index in [0.717, 1.165) is 23.2 Å². The number of nitrogens with one attached hydrogen (secondary N) is 1. The van der Waals surface area contributed by atoms with Crippen LogP contribution in [-0.4, -0.2) is 23.4 Å². The summed E-state index contributed by atoms with van der Waals surface area (Å²) in [5, 5.41) is 3.18. The third-order valence-electron chi connectivity index (χ3n) is 4.43. The molecule has 27 heavy (non-hydrogen) atoms. The number of para-hydroxylation sites is 1. The molecule has 0 bridgehead atoms. The third kappa shape index (κ3) is 3.77. The van der Waals surface area contributed by atoms with Crippen LogP contribution in [0.4, 0.5) is 23.2 Å².